The highest BCUT2D eigenvalue weighted by Gasteiger charge is 2.19. The molecule has 2 N–H and O–H groups in total. The number of amides is 1. The molecule has 0 saturated carbocycles. The van der Waals surface area contributed by atoms with Crippen molar-refractivity contribution in [3.05, 3.63) is 95.3 Å². The number of carbonyl (C=O) groups excluding carboxylic acids is 1. The molecule has 1 aromatic heterocycles. The second-order valence-corrected chi connectivity index (χ2v) is 9.84. The molecule has 0 aliphatic rings. The first kappa shape index (κ1) is 24.0. The second kappa shape index (κ2) is 9.63. The third-order valence-electron chi connectivity index (χ3n) is 5.46. The maximum absolute atomic E-state index is 13.1. The quantitative estimate of drug-likeness (QED) is 0.385. The first-order chi connectivity index (χ1) is 16.7. The molecular weight excluding hydrogens is 464 g/mol. The number of hydrogen-bond donors (Lipinski definition) is 2. The Morgan fingerprint density at radius 3 is 2.31 bits per heavy atom. The lowest BCUT2D eigenvalue weighted by molar-refractivity contribution is 0.102. The summed E-state index contributed by atoms with van der Waals surface area (Å²) < 4.78 is 35.3. The van der Waals surface area contributed by atoms with E-state index in [1.165, 1.54) is 19.2 Å². The van der Waals surface area contributed by atoms with Crippen molar-refractivity contribution in [1.82, 2.24) is 9.78 Å². The van der Waals surface area contributed by atoms with Crippen LogP contribution in [0.3, 0.4) is 0 Å². The zero-order valence-electron chi connectivity index (χ0n) is 19.9. The smallest absolute Gasteiger partial charge is 0.261 e. The van der Waals surface area contributed by atoms with Crippen molar-refractivity contribution in [2.75, 3.05) is 17.1 Å². The first-order valence-electron chi connectivity index (χ1n) is 10.9. The molecule has 0 unspecified atom stereocenters. The van der Waals surface area contributed by atoms with Crippen molar-refractivity contribution in [3.8, 4) is 11.4 Å². The molecule has 0 aliphatic carbocycles. The maximum atomic E-state index is 13.1. The van der Waals surface area contributed by atoms with Gasteiger partial charge in [-0.25, -0.2) is 13.1 Å². The summed E-state index contributed by atoms with van der Waals surface area (Å²) in [4.78, 5) is 13.1. The molecule has 1 heterocycles. The largest absolute Gasteiger partial charge is 0.497 e. The molecule has 0 atom stereocenters. The van der Waals surface area contributed by atoms with Gasteiger partial charge in [-0.2, -0.15) is 5.10 Å². The van der Waals surface area contributed by atoms with Gasteiger partial charge in [-0.1, -0.05) is 12.1 Å². The molecule has 4 rings (SSSR count). The Kier molecular flexibility index (Phi) is 6.61. The summed E-state index contributed by atoms with van der Waals surface area (Å²) in [5, 5.41) is 7.35. The lowest BCUT2D eigenvalue weighted by Gasteiger charge is -2.13. The zero-order valence-corrected chi connectivity index (χ0v) is 20.7. The molecule has 4 aromatic rings. The van der Waals surface area contributed by atoms with Gasteiger partial charge in [0, 0.05) is 22.6 Å². The van der Waals surface area contributed by atoms with Gasteiger partial charge < -0.3 is 10.1 Å². The molecule has 9 heteroatoms. The number of hydrogen-bond acceptors (Lipinski definition) is 5. The summed E-state index contributed by atoms with van der Waals surface area (Å²) >= 11 is 0. The van der Waals surface area contributed by atoms with E-state index >= 15 is 0 Å². The number of rotatable bonds is 7. The molecule has 180 valence electrons. The summed E-state index contributed by atoms with van der Waals surface area (Å²) in [7, 11) is -2.37. The Morgan fingerprint density at radius 2 is 1.66 bits per heavy atom. The number of methoxy groups -OCH3 is 1. The van der Waals surface area contributed by atoms with Crippen molar-refractivity contribution >= 4 is 27.3 Å². The van der Waals surface area contributed by atoms with Crippen LogP contribution in [0.25, 0.3) is 5.69 Å². The third-order valence-corrected chi connectivity index (χ3v) is 6.84. The molecule has 0 radical (unpaired) electrons. The summed E-state index contributed by atoms with van der Waals surface area (Å²) in [6, 6.07) is 20.3. The molecule has 0 saturated heterocycles. The van der Waals surface area contributed by atoms with Crippen molar-refractivity contribution < 1.29 is 17.9 Å². The van der Waals surface area contributed by atoms with E-state index in [0.717, 1.165) is 17.1 Å². The van der Waals surface area contributed by atoms with Crippen LogP contribution in [-0.4, -0.2) is 31.2 Å². The number of sulfonamides is 1. The monoisotopic (exact) mass is 490 g/mol. The first-order valence-corrected chi connectivity index (χ1v) is 12.4. The third kappa shape index (κ3) is 5.36. The van der Waals surface area contributed by atoms with Gasteiger partial charge in [-0.15, -0.1) is 0 Å². The highest BCUT2D eigenvalue weighted by molar-refractivity contribution is 7.92. The van der Waals surface area contributed by atoms with Gasteiger partial charge in [0.1, 0.15) is 5.75 Å². The van der Waals surface area contributed by atoms with E-state index in [1.807, 2.05) is 38.1 Å². The van der Waals surface area contributed by atoms with Gasteiger partial charge in [0.2, 0.25) is 0 Å². The van der Waals surface area contributed by atoms with Crippen LogP contribution < -0.4 is 14.8 Å². The molecule has 0 fully saturated rings. The lowest BCUT2D eigenvalue weighted by Crippen LogP contribution is -2.17. The summed E-state index contributed by atoms with van der Waals surface area (Å²) in [6.07, 6.45) is 0. The van der Waals surface area contributed by atoms with Crippen molar-refractivity contribution in [3.63, 3.8) is 0 Å². The number of nitrogens with zero attached hydrogens (tertiary/aromatic N) is 2. The van der Waals surface area contributed by atoms with Crippen molar-refractivity contribution in [2.45, 2.75) is 25.7 Å². The maximum Gasteiger partial charge on any atom is 0.261 e. The number of nitrogens with one attached hydrogen (secondary N) is 2. The Hall–Kier alpha value is -4.11. The van der Waals surface area contributed by atoms with Crippen molar-refractivity contribution in [2.24, 2.45) is 0 Å². The van der Waals surface area contributed by atoms with E-state index in [-0.39, 0.29) is 10.5 Å². The van der Waals surface area contributed by atoms with E-state index in [9.17, 15) is 13.2 Å². The fourth-order valence-corrected chi connectivity index (χ4v) is 4.77. The average Bonchev–Trinajstić information content (AvgIpc) is 3.17. The molecule has 0 aliphatic heterocycles. The number of anilines is 2. The Labute approximate surface area is 204 Å². The van der Waals surface area contributed by atoms with E-state index in [1.54, 1.807) is 48.0 Å². The number of benzene rings is 3. The normalized spacial score (nSPS) is 11.2. The minimum absolute atomic E-state index is 0.0135. The van der Waals surface area contributed by atoms with Crippen LogP contribution in [0, 0.1) is 20.8 Å². The predicted molar refractivity (Wildman–Crippen MR) is 136 cm³/mol. The number of carbonyl (C=O) groups is 1. The molecule has 0 spiro atoms. The van der Waals surface area contributed by atoms with Crippen LogP contribution in [0.2, 0.25) is 0 Å². The van der Waals surface area contributed by atoms with E-state index in [0.29, 0.717) is 22.7 Å². The SMILES string of the molecule is COc1ccc(NS(=O)(=O)c2ccc(C)c(C(=O)Nc3cccc(-n4nc(C)cc4C)c3)c2)cc1. The van der Waals surface area contributed by atoms with Crippen LogP contribution in [-0.2, 0) is 10.0 Å². The molecule has 35 heavy (non-hydrogen) atoms. The van der Waals surface area contributed by atoms with Crippen LogP contribution in [0.15, 0.2) is 77.7 Å². The minimum atomic E-state index is -3.91. The zero-order chi connectivity index (χ0) is 25.2. The Morgan fingerprint density at radius 1 is 0.914 bits per heavy atom. The van der Waals surface area contributed by atoms with Gasteiger partial charge >= 0.3 is 0 Å². The van der Waals surface area contributed by atoms with E-state index in [2.05, 4.69) is 15.1 Å². The van der Waals surface area contributed by atoms with Crippen LogP contribution >= 0.6 is 0 Å². The van der Waals surface area contributed by atoms with Crippen LogP contribution in [0.5, 0.6) is 5.75 Å². The van der Waals surface area contributed by atoms with Gasteiger partial charge in [0.15, 0.2) is 0 Å². The molecule has 1 amide bonds. The number of aromatic nitrogens is 2. The molecule has 8 nitrogen and oxygen atoms in total. The highest BCUT2D eigenvalue weighted by Crippen LogP contribution is 2.23. The van der Waals surface area contributed by atoms with Crippen LogP contribution in [0.4, 0.5) is 11.4 Å². The number of ether oxygens (including phenoxy) is 1. The summed E-state index contributed by atoms with van der Waals surface area (Å²) in [5.41, 5.74) is 4.56. The molecule has 0 bridgehead atoms. The minimum Gasteiger partial charge on any atom is -0.497 e. The Bertz CT molecular complexity index is 1490. The van der Waals surface area contributed by atoms with Gasteiger partial charge in [0.25, 0.3) is 15.9 Å². The molecular formula is C26H26N4O4S. The topological polar surface area (TPSA) is 102 Å². The van der Waals surface area contributed by atoms with Gasteiger partial charge in [-0.3, -0.25) is 9.52 Å². The fourth-order valence-electron chi connectivity index (χ4n) is 3.69. The predicted octanol–water partition coefficient (Wildman–Crippen LogP) is 4.86. The van der Waals surface area contributed by atoms with Crippen LogP contribution in [0.1, 0.15) is 27.3 Å². The molecule has 3 aromatic carbocycles. The van der Waals surface area contributed by atoms with Crippen molar-refractivity contribution in [1.29, 1.82) is 0 Å². The highest BCUT2D eigenvalue weighted by atomic mass is 32.2. The average molecular weight is 491 g/mol. The number of aryl methyl sites for hydroxylation is 3. The second-order valence-electron chi connectivity index (χ2n) is 8.15. The van der Waals surface area contributed by atoms with E-state index < -0.39 is 15.9 Å². The van der Waals surface area contributed by atoms with E-state index in [4.69, 9.17) is 4.74 Å². The van der Waals surface area contributed by atoms with Gasteiger partial charge in [-0.05, 0) is 87.0 Å². The Balaban J connectivity index is 1.57. The summed E-state index contributed by atoms with van der Waals surface area (Å²) in [5.74, 6) is 0.207. The fraction of sp³-hybridized carbons (Fsp3) is 0.154. The standard InChI is InChI=1S/C26H26N4O4S/c1-17-8-13-24(35(32,33)29-20-9-11-23(34-4)12-10-20)16-25(17)26(31)27-21-6-5-7-22(15-21)30-19(3)14-18(2)28-30/h5-16,29H,1-4H3,(H,27,31). The van der Waals surface area contributed by atoms with Gasteiger partial charge in [0.05, 0.1) is 23.4 Å². The lowest BCUT2D eigenvalue weighted by atomic mass is 10.1. The summed E-state index contributed by atoms with van der Waals surface area (Å²) in [6.45, 7) is 5.64.